The first-order valence-electron chi connectivity index (χ1n) is 11.7. The molecule has 0 aliphatic heterocycles. The van der Waals surface area contributed by atoms with Crippen LogP contribution in [0.2, 0.25) is 0 Å². The van der Waals surface area contributed by atoms with Crippen molar-refractivity contribution in [1.29, 1.82) is 0 Å². The SMILES string of the molecule is CCN(CC)CC(=O)N[C@@H]1CCC[C@H](C(=O)Nc2cc(-c3ccc(F)cc3OC)c(F)cn2)C1. The van der Waals surface area contributed by atoms with Gasteiger partial charge in [0.1, 0.15) is 23.2 Å². The molecular weight excluding hydrogens is 442 g/mol. The Bertz CT molecular complexity index is 1010. The zero-order valence-corrected chi connectivity index (χ0v) is 19.9. The molecule has 7 nitrogen and oxygen atoms in total. The molecule has 1 aliphatic carbocycles. The predicted molar refractivity (Wildman–Crippen MR) is 126 cm³/mol. The number of methoxy groups -OCH3 is 1. The van der Waals surface area contributed by atoms with Crippen molar-refractivity contribution in [1.82, 2.24) is 15.2 Å². The molecule has 34 heavy (non-hydrogen) atoms. The molecule has 2 amide bonds. The number of nitrogens with zero attached hydrogens (tertiary/aromatic N) is 2. The van der Waals surface area contributed by atoms with Crippen LogP contribution in [0, 0.1) is 17.6 Å². The predicted octanol–water partition coefficient (Wildman–Crippen LogP) is 3.99. The second kappa shape index (κ2) is 11.9. The van der Waals surface area contributed by atoms with E-state index in [-0.39, 0.29) is 40.9 Å². The summed E-state index contributed by atoms with van der Waals surface area (Å²) in [5, 5.41) is 5.82. The van der Waals surface area contributed by atoms with E-state index in [9.17, 15) is 18.4 Å². The first kappa shape index (κ1) is 25.6. The molecular formula is C25H32F2N4O3. The van der Waals surface area contributed by atoms with E-state index in [0.29, 0.717) is 24.9 Å². The quantitative estimate of drug-likeness (QED) is 0.574. The smallest absolute Gasteiger partial charge is 0.234 e. The summed E-state index contributed by atoms with van der Waals surface area (Å²) in [6.07, 6.45) is 3.91. The zero-order valence-electron chi connectivity index (χ0n) is 19.9. The Labute approximate surface area is 198 Å². The Balaban J connectivity index is 1.66. The minimum absolute atomic E-state index is 0.0344. The van der Waals surface area contributed by atoms with Gasteiger partial charge in [-0.05, 0) is 50.6 Å². The second-order valence-corrected chi connectivity index (χ2v) is 8.47. The van der Waals surface area contributed by atoms with E-state index in [2.05, 4.69) is 15.6 Å². The molecule has 1 aromatic carbocycles. The van der Waals surface area contributed by atoms with E-state index in [1.165, 1.54) is 31.4 Å². The molecule has 0 saturated heterocycles. The van der Waals surface area contributed by atoms with E-state index in [1.807, 2.05) is 18.7 Å². The first-order valence-corrected chi connectivity index (χ1v) is 11.7. The van der Waals surface area contributed by atoms with Crippen LogP contribution in [0.4, 0.5) is 14.6 Å². The molecule has 0 unspecified atom stereocenters. The molecule has 9 heteroatoms. The van der Waals surface area contributed by atoms with Crippen LogP contribution < -0.4 is 15.4 Å². The van der Waals surface area contributed by atoms with Gasteiger partial charge >= 0.3 is 0 Å². The van der Waals surface area contributed by atoms with Crippen LogP contribution in [0.5, 0.6) is 5.75 Å². The van der Waals surface area contributed by atoms with Gasteiger partial charge in [0.05, 0.1) is 19.9 Å². The standard InChI is InChI=1S/C25H32F2N4O3/c1-4-31(5-2)15-24(32)29-18-8-6-7-16(11-18)25(33)30-23-13-20(21(27)14-28-23)19-10-9-17(26)12-22(19)34-3/h9-10,12-14,16,18H,4-8,11,15H2,1-3H3,(H,29,32)(H,28,30,33)/t16-,18+/m0/s1. The number of aromatic nitrogens is 1. The number of carbonyl (C=O) groups is 2. The normalized spacial score (nSPS) is 17.9. The molecule has 2 atom stereocenters. The second-order valence-electron chi connectivity index (χ2n) is 8.47. The van der Waals surface area contributed by atoms with E-state index >= 15 is 0 Å². The summed E-state index contributed by atoms with van der Waals surface area (Å²) in [6, 6.07) is 5.16. The topological polar surface area (TPSA) is 83.6 Å². The number of ether oxygens (including phenoxy) is 1. The molecule has 1 aliphatic rings. The highest BCUT2D eigenvalue weighted by atomic mass is 19.1. The summed E-state index contributed by atoms with van der Waals surface area (Å²) in [5.74, 6) is -1.29. The molecule has 3 rings (SSSR count). The van der Waals surface area contributed by atoms with Crippen molar-refractivity contribution in [2.45, 2.75) is 45.6 Å². The summed E-state index contributed by atoms with van der Waals surface area (Å²) >= 11 is 0. The van der Waals surface area contributed by atoms with Crippen LogP contribution in [0.25, 0.3) is 11.1 Å². The largest absolute Gasteiger partial charge is 0.496 e. The Kier molecular flexibility index (Phi) is 8.92. The number of halogens is 2. The third kappa shape index (κ3) is 6.50. The van der Waals surface area contributed by atoms with Crippen molar-refractivity contribution in [3.05, 3.63) is 42.1 Å². The van der Waals surface area contributed by atoms with Crippen LogP contribution in [-0.2, 0) is 9.59 Å². The summed E-state index contributed by atoms with van der Waals surface area (Å²) in [6.45, 7) is 5.97. The third-order valence-electron chi connectivity index (χ3n) is 6.23. The maximum atomic E-state index is 14.5. The van der Waals surface area contributed by atoms with Crippen molar-refractivity contribution < 1.29 is 23.1 Å². The van der Waals surface area contributed by atoms with Gasteiger partial charge in [0.15, 0.2) is 0 Å². The third-order valence-corrected chi connectivity index (χ3v) is 6.23. The van der Waals surface area contributed by atoms with Gasteiger partial charge in [-0.2, -0.15) is 0 Å². The monoisotopic (exact) mass is 474 g/mol. The van der Waals surface area contributed by atoms with Crippen molar-refractivity contribution in [3.63, 3.8) is 0 Å². The number of carbonyl (C=O) groups excluding carboxylic acids is 2. The number of nitrogens with one attached hydrogen (secondary N) is 2. The van der Waals surface area contributed by atoms with Crippen molar-refractivity contribution >= 4 is 17.6 Å². The molecule has 1 saturated carbocycles. The first-order chi connectivity index (χ1) is 16.3. The Hall–Kier alpha value is -3.07. The highest BCUT2D eigenvalue weighted by Gasteiger charge is 2.29. The highest BCUT2D eigenvalue weighted by molar-refractivity contribution is 5.92. The lowest BCUT2D eigenvalue weighted by Crippen LogP contribution is -2.45. The number of rotatable bonds is 9. The van der Waals surface area contributed by atoms with E-state index in [0.717, 1.165) is 32.1 Å². The van der Waals surface area contributed by atoms with Crippen LogP contribution in [0.15, 0.2) is 30.5 Å². The fourth-order valence-corrected chi connectivity index (χ4v) is 4.31. The number of amides is 2. The Morgan fingerprint density at radius 1 is 1.15 bits per heavy atom. The van der Waals surface area contributed by atoms with E-state index in [1.54, 1.807) is 0 Å². The zero-order chi connectivity index (χ0) is 24.7. The fourth-order valence-electron chi connectivity index (χ4n) is 4.31. The van der Waals surface area contributed by atoms with Crippen molar-refractivity contribution in [3.8, 4) is 16.9 Å². The molecule has 2 N–H and O–H groups in total. The summed E-state index contributed by atoms with van der Waals surface area (Å²) < 4.78 is 33.2. The molecule has 184 valence electrons. The van der Waals surface area contributed by atoms with Crippen molar-refractivity contribution in [2.75, 3.05) is 32.1 Å². The maximum Gasteiger partial charge on any atom is 0.234 e. The molecule has 0 spiro atoms. The van der Waals surface area contributed by atoms with Crippen molar-refractivity contribution in [2.24, 2.45) is 5.92 Å². The molecule has 1 fully saturated rings. The number of anilines is 1. The van der Waals surface area contributed by atoms with Crippen LogP contribution in [0.1, 0.15) is 39.5 Å². The summed E-state index contributed by atoms with van der Waals surface area (Å²) in [4.78, 5) is 31.3. The van der Waals surface area contributed by atoms with Gasteiger partial charge in [0, 0.05) is 29.2 Å². The minimum Gasteiger partial charge on any atom is -0.496 e. The summed E-state index contributed by atoms with van der Waals surface area (Å²) in [7, 11) is 1.38. The number of hydrogen-bond acceptors (Lipinski definition) is 5. The highest BCUT2D eigenvalue weighted by Crippen LogP contribution is 2.33. The fraction of sp³-hybridized carbons (Fsp3) is 0.480. The Morgan fingerprint density at radius 2 is 1.91 bits per heavy atom. The number of benzene rings is 1. The lowest BCUT2D eigenvalue weighted by Gasteiger charge is -2.29. The van der Waals surface area contributed by atoms with Gasteiger partial charge in [-0.1, -0.05) is 20.3 Å². The van der Waals surface area contributed by atoms with Gasteiger partial charge in [-0.25, -0.2) is 13.8 Å². The molecule has 0 bridgehead atoms. The molecule has 1 heterocycles. The van der Waals surface area contributed by atoms with Crippen LogP contribution in [0.3, 0.4) is 0 Å². The van der Waals surface area contributed by atoms with Gasteiger partial charge in [0.2, 0.25) is 11.8 Å². The Morgan fingerprint density at radius 3 is 2.62 bits per heavy atom. The van der Waals surface area contributed by atoms with Gasteiger partial charge < -0.3 is 15.4 Å². The number of likely N-dealkylation sites (N-methyl/N-ethyl adjacent to an activating group) is 1. The van der Waals surface area contributed by atoms with E-state index in [4.69, 9.17) is 4.74 Å². The average molecular weight is 475 g/mol. The molecule has 2 aromatic rings. The van der Waals surface area contributed by atoms with Gasteiger partial charge in [-0.3, -0.25) is 14.5 Å². The van der Waals surface area contributed by atoms with Crippen LogP contribution in [-0.4, -0.2) is 54.5 Å². The lowest BCUT2D eigenvalue weighted by atomic mass is 9.85. The van der Waals surface area contributed by atoms with Gasteiger partial charge in [0.25, 0.3) is 0 Å². The minimum atomic E-state index is -0.614. The molecule has 0 radical (unpaired) electrons. The average Bonchev–Trinajstić information content (AvgIpc) is 2.83. The number of pyridine rings is 1. The van der Waals surface area contributed by atoms with Crippen LogP contribution >= 0.6 is 0 Å². The number of hydrogen-bond donors (Lipinski definition) is 2. The van der Waals surface area contributed by atoms with Gasteiger partial charge in [-0.15, -0.1) is 0 Å². The lowest BCUT2D eigenvalue weighted by molar-refractivity contribution is -0.125. The van der Waals surface area contributed by atoms with E-state index < -0.39 is 11.6 Å². The molecule has 1 aromatic heterocycles. The maximum absolute atomic E-state index is 14.5. The summed E-state index contributed by atoms with van der Waals surface area (Å²) in [5.41, 5.74) is 0.500.